The van der Waals surface area contributed by atoms with Gasteiger partial charge >= 0.3 is 0 Å². The highest BCUT2D eigenvalue weighted by Crippen LogP contribution is 2.25. The molecular formula is C17H19ClFNO. The van der Waals surface area contributed by atoms with Gasteiger partial charge in [-0.25, -0.2) is 4.39 Å². The second kappa shape index (κ2) is 7.55. The maximum absolute atomic E-state index is 14.1. The maximum atomic E-state index is 14.1. The van der Waals surface area contributed by atoms with E-state index >= 15 is 0 Å². The van der Waals surface area contributed by atoms with Gasteiger partial charge in [0.25, 0.3) is 0 Å². The lowest BCUT2D eigenvalue weighted by atomic mass is 9.96. The van der Waals surface area contributed by atoms with E-state index in [1.165, 1.54) is 0 Å². The summed E-state index contributed by atoms with van der Waals surface area (Å²) in [6, 6.07) is 14.9. The van der Waals surface area contributed by atoms with E-state index in [2.05, 4.69) is 5.32 Å². The molecule has 2 aromatic carbocycles. The molecule has 21 heavy (non-hydrogen) atoms. The molecule has 4 heteroatoms. The monoisotopic (exact) mass is 307 g/mol. The number of rotatable bonds is 6. The van der Waals surface area contributed by atoms with Crippen LogP contribution in [0.25, 0.3) is 0 Å². The summed E-state index contributed by atoms with van der Waals surface area (Å²) < 4.78 is 19.7. The number of methoxy groups -OCH3 is 1. The second-order valence-electron chi connectivity index (χ2n) is 4.88. The van der Waals surface area contributed by atoms with Gasteiger partial charge in [-0.1, -0.05) is 54.1 Å². The predicted molar refractivity (Wildman–Crippen MR) is 84.2 cm³/mol. The van der Waals surface area contributed by atoms with Gasteiger partial charge in [-0.3, -0.25) is 0 Å². The van der Waals surface area contributed by atoms with E-state index < -0.39 is 0 Å². The van der Waals surface area contributed by atoms with Gasteiger partial charge in [0.1, 0.15) is 5.82 Å². The van der Waals surface area contributed by atoms with Crippen LogP contribution in [0.1, 0.15) is 17.2 Å². The number of halogens is 2. The molecule has 0 aromatic heterocycles. The third-order valence-electron chi connectivity index (χ3n) is 3.59. The first-order chi connectivity index (χ1) is 10.2. The van der Waals surface area contributed by atoms with Crippen molar-refractivity contribution >= 4 is 11.6 Å². The van der Waals surface area contributed by atoms with Crippen molar-refractivity contribution in [3.63, 3.8) is 0 Å². The van der Waals surface area contributed by atoms with Crippen molar-refractivity contribution < 1.29 is 9.13 Å². The summed E-state index contributed by atoms with van der Waals surface area (Å²) in [6.45, 7) is 0. The molecule has 0 radical (unpaired) electrons. The Kier molecular flexibility index (Phi) is 5.74. The van der Waals surface area contributed by atoms with Crippen LogP contribution in [0.5, 0.6) is 0 Å². The van der Waals surface area contributed by atoms with Crippen molar-refractivity contribution in [2.75, 3.05) is 14.2 Å². The van der Waals surface area contributed by atoms with Gasteiger partial charge in [0, 0.05) is 13.2 Å². The lowest BCUT2D eigenvalue weighted by molar-refractivity contribution is 0.0701. The van der Waals surface area contributed by atoms with Gasteiger partial charge in [-0.2, -0.15) is 0 Å². The minimum atomic E-state index is -0.359. The van der Waals surface area contributed by atoms with E-state index in [1.54, 1.807) is 25.3 Å². The molecule has 1 N–H and O–H groups in total. The highest BCUT2D eigenvalue weighted by Gasteiger charge is 2.23. The van der Waals surface area contributed by atoms with Gasteiger partial charge < -0.3 is 10.1 Å². The minimum Gasteiger partial charge on any atom is -0.375 e. The summed E-state index contributed by atoms with van der Waals surface area (Å²) in [4.78, 5) is 0. The average molecular weight is 308 g/mol. The first-order valence-corrected chi connectivity index (χ1v) is 7.23. The van der Waals surface area contributed by atoms with E-state index in [1.807, 2.05) is 37.4 Å². The Balaban J connectivity index is 2.24. The van der Waals surface area contributed by atoms with Crippen molar-refractivity contribution in [3.8, 4) is 0 Å². The Morgan fingerprint density at radius 2 is 1.86 bits per heavy atom. The van der Waals surface area contributed by atoms with Crippen LogP contribution in [0.3, 0.4) is 0 Å². The Hall–Kier alpha value is -1.42. The van der Waals surface area contributed by atoms with E-state index in [0.717, 1.165) is 5.56 Å². The Labute approximate surface area is 129 Å². The summed E-state index contributed by atoms with van der Waals surface area (Å²) in [7, 11) is 3.51. The van der Waals surface area contributed by atoms with Crippen LogP contribution in [0.2, 0.25) is 5.02 Å². The Morgan fingerprint density at radius 3 is 2.48 bits per heavy atom. The van der Waals surface area contributed by atoms with Crippen molar-refractivity contribution in [2.45, 2.75) is 18.6 Å². The highest BCUT2D eigenvalue weighted by molar-refractivity contribution is 6.30. The molecule has 0 aliphatic heterocycles. The predicted octanol–water partition coefficient (Wildman–Crippen LogP) is 4.00. The molecule has 0 aliphatic rings. The number of nitrogens with one attached hydrogen (secondary N) is 1. The zero-order valence-electron chi connectivity index (χ0n) is 12.1. The molecule has 2 unspecified atom stereocenters. The van der Waals surface area contributed by atoms with E-state index in [0.29, 0.717) is 12.0 Å². The molecule has 2 rings (SSSR count). The summed E-state index contributed by atoms with van der Waals surface area (Å²) in [6.07, 6.45) is 0.339. The molecule has 0 saturated heterocycles. The van der Waals surface area contributed by atoms with Crippen LogP contribution < -0.4 is 5.32 Å². The SMILES string of the molecule is CNC(Cc1cccc(Cl)c1F)C(OC)c1ccccc1. The average Bonchev–Trinajstić information content (AvgIpc) is 2.52. The molecule has 2 nitrogen and oxygen atoms in total. The van der Waals surface area contributed by atoms with Crippen molar-refractivity contribution in [1.29, 1.82) is 0 Å². The molecule has 0 heterocycles. The Bertz CT molecular complexity index is 576. The summed E-state index contributed by atoms with van der Waals surface area (Å²) in [5.41, 5.74) is 1.64. The number of ether oxygens (including phenoxy) is 1. The fourth-order valence-electron chi connectivity index (χ4n) is 2.48. The maximum Gasteiger partial charge on any atom is 0.145 e. The molecule has 0 amide bonds. The first kappa shape index (κ1) is 16.0. The summed E-state index contributed by atoms with van der Waals surface area (Å²) >= 11 is 5.84. The van der Waals surface area contributed by atoms with Gasteiger partial charge in [-0.05, 0) is 30.7 Å². The largest absolute Gasteiger partial charge is 0.375 e. The second-order valence-corrected chi connectivity index (χ2v) is 5.29. The first-order valence-electron chi connectivity index (χ1n) is 6.85. The van der Waals surface area contributed by atoms with Crippen LogP contribution in [0, 0.1) is 5.82 Å². The molecule has 0 fully saturated rings. The highest BCUT2D eigenvalue weighted by atomic mass is 35.5. The zero-order chi connectivity index (χ0) is 15.2. The van der Waals surface area contributed by atoms with Crippen LogP contribution in [-0.4, -0.2) is 20.2 Å². The summed E-state index contributed by atoms with van der Waals surface area (Å²) in [5.74, 6) is -0.359. The quantitative estimate of drug-likeness (QED) is 0.871. The molecule has 0 saturated carbocycles. The van der Waals surface area contributed by atoms with Crippen LogP contribution >= 0.6 is 11.6 Å². The lowest BCUT2D eigenvalue weighted by Gasteiger charge is -2.26. The van der Waals surface area contributed by atoms with Crippen molar-refractivity contribution in [2.24, 2.45) is 0 Å². The van der Waals surface area contributed by atoms with Gasteiger partial charge in [0.15, 0.2) is 0 Å². The van der Waals surface area contributed by atoms with Crippen LogP contribution in [-0.2, 0) is 11.2 Å². The van der Waals surface area contributed by atoms with E-state index in [-0.39, 0.29) is 23.0 Å². The fraction of sp³-hybridized carbons (Fsp3) is 0.294. The zero-order valence-corrected chi connectivity index (χ0v) is 12.9. The third kappa shape index (κ3) is 3.82. The molecule has 2 aromatic rings. The molecule has 0 bridgehead atoms. The van der Waals surface area contributed by atoms with Crippen LogP contribution in [0.4, 0.5) is 4.39 Å². The Morgan fingerprint density at radius 1 is 1.14 bits per heavy atom. The number of benzene rings is 2. The van der Waals surface area contributed by atoms with Gasteiger partial charge in [0.05, 0.1) is 11.1 Å². The molecule has 2 atom stereocenters. The standard InChI is InChI=1S/C17H19ClFNO/c1-20-15(11-13-9-6-10-14(18)16(13)19)17(21-2)12-7-4-3-5-8-12/h3-10,15,17,20H,11H2,1-2H3. The molecule has 112 valence electrons. The molecular weight excluding hydrogens is 289 g/mol. The van der Waals surface area contributed by atoms with E-state index in [9.17, 15) is 4.39 Å². The number of hydrogen-bond donors (Lipinski definition) is 1. The van der Waals surface area contributed by atoms with Crippen molar-refractivity contribution in [3.05, 3.63) is 70.5 Å². The van der Waals surface area contributed by atoms with Gasteiger partial charge in [0.2, 0.25) is 0 Å². The van der Waals surface area contributed by atoms with Crippen LogP contribution in [0.15, 0.2) is 48.5 Å². The number of likely N-dealkylation sites (N-methyl/N-ethyl adjacent to an activating group) is 1. The van der Waals surface area contributed by atoms with Gasteiger partial charge in [-0.15, -0.1) is 0 Å². The topological polar surface area (TPSA) is 21.3 Å². The third-order valence-corrected chi connectivity index (χ3v) is 3.88. The number of hydrogen-bond acceptors (Lipinski definition) is 2. The fourth-order valence-corrected chi connectivity index (χ4v) is 2.67. The normalized spacial score (nSPS) is 13.9. The van der Waals surface area contributed by atoms with E-state index in [4.69, 9.17) is 16.3 Å². The molecule has 0 aliphatic carbocycles. The lowest BCUT2D eigenvalue weighted by Crippen LogP contribution is -2.35. The smallest absolute Gasteiger partial charge is 0.145 e. The summed E-state index contributed by atoms with van der Waals surface area (Å²) in [5, 5.41) is 3.36. The minimum absolute atomic E-state index is 0.0506. The molecule has 0 spiro atoms. The van der Waals surface area contributed by atoms with Crippen molar-refractivity contribution in [1.82, 2.24) is 5.32 Å².